The zero-order valence-corrected chi connectivity index (χ0v) is 15.2. The second kappa shape index (κ2) is 5.66. The van der Waals surface area contributed by atoms with Crippen molar-refractivity contribution >= 4 is 23.6 Å². The Morgan fingerprint density at radius 1 is 1.36 bits per heavy atom. The van der Waals surface area contributed by atoms with Crippen molar-refractivity contribution in [1.29, 1.82) is 0 Å². The molecular formula is C15H23N7O2S. The summed E-state index contributed by atoms with van der Waals surface area (Å²) < 4.78 is -0.269. The molecule has 4 N–H and O–H groups in total. The molecule has 10 heteroatoms. The van der Waals surface area contributed by atoms with Crippen molar-refractivity contribution in [1.82, 2.24) is 30.8 Å². The van der Waals surface area contributed by atoms with Crippen LogP contribution in [0.3, 0.4) is 0 Å². The van der Waals surface area contributed by atoms with Crippen LogP contribution < -0.4 is 11.1 Å². The molecule has 1 saturated carbocycles. The Morgan fingerprint density at radius 3 is 2.72 bits per heavy atom. The van der Waals surface area contributed by atoms with Crippen LogP contribution in [0.1, 0.15) is 57.8 Å². The zero-order valence-electron chi connectivity index (χ0n) is 14.4. The Balaban J connectivity index is 1.50. The van der Waals surface area contributed by atoms with Crippen LogP contribution in [0.15, 0.2) is 0 Å². The zero-order chi connectivity index (χ0) is 17.8. The Bertz CT molecular complexity index is 686. The van der Waals surface area contributed by atoms with Crippen LogP contribution in [0.4, 0.5) is 0 Å². The predicted molar refractivity (Wildman–Crippen MR) is 91.2 cm³/mol. The second-order valence-corrected chi connectivity index (χ2v) is 9.47. The van der Waals surface area contributed by atoms with E-state index in [0.717, 1.165) is 19.3 Å². The van der Waals surface area contributed by atoms with E-state index in [1.54, 1.807) is 16.7 Å². The number of carbonyl (C=O) groups is 2. The van der Waals surface area contributed by atoms with Gasteiger partial charge in [-0.1, -0.05) is 24.5 Å². The highest BCUT2D eigenvalue weighted by molar-refractivity contribution is 8.01. The number of carbonyl (C=O) groups excluding carboxylic acids is 2. The van der Waals surface area contributed by atoms with Crippen molar-refractivity contribution in [3.8, 4) is 0 Å². The Labute approximate surface area is 149 Å². The lowest BCUT2D eigenvalue weighted by Crippen LogP contribution is -2.70. The van der Waals surface area contributed by atoms with Gasteiger partial charge in [0.05, 0.1) is 5.54 Å². The van der Waals surface area contributed by atoms with Crippen LogP contribution in [0.2, 0.25) is 0 Å². The lowest BCUT2D eigenvalue weighted by atomic mass is 9.81. The van der Waals surface area contributed by atoms with Gasteiger partial charge in [0, 0.05) is 4.75 Å². The molecule has 3 fully saturated rings. The number of hydrogen-bond acceptors (Lipinski definition) is 7. The first kappa shape index (κ1) is 16.8. The molecule has 25 heavy (non-hydrogen) atoms. The first-order valence-corrected chi connectivity index (χ1v) is 9.55. The summed E-state index contributed by atoms with van der Waals surface area (Å²) in [6.45, 7) is 4.10. The molecule has 1 aliphatic carbocycles. The lowest BCUT2D eigenvalue weighted by Gasteiger charge is -2.45. The fourth-order valence-corrected chi connectivity index (χ4v) is 5.77. The molecule has 1 aromatic rings. The minimum Gasteiger partial charge on any atom is -0.340 e. The van der Waals surface area contributed by atoms with E-state index in [9.17, 15) is 9.59 Å². The van der Waals surface area contributed by atoms with Crippen LogP contribution in [0.5, 0.6) is 0 Å². The number of hydrogen-bond donors (Lipinski definition) is 3. The van der Waals surface area contributed by atoms with Crippen molar-refractivity contribution in [2.45, 2.75) is 73.7 Å². The first-order chi connectivity index (χ1) is 11.8. The largest absolute Gasteiger partial charge is 0.340 e. The van der Waals surface area contributed by atoms with Crippen molar-refractivity contribution in [3.05, 3.63) is 5.82 Å². The second-order valence-electron chi connectivity index (χ2n) is 7.70. The average molecular weight is 365 g/mol. The molecular weight excluding hydrogens is 342 g/mol. The number of β-lactam (4-membered cyclic amide) rings is 1. The minimum atomic E-state index is -0.842. The first-order valence-electron chi connectivity index (χ1n) is 8.67. The number of aromatic amines is 1. The van der Waals surface area contributed by atoms with Gasteiger partial charge in [0.2, 0.25) is 11.8 Å². The molecule has 3 heterocycles. The summed E-state index contributed by atoms with van der Waals surface area (Å²) in [5.41, 5.74) is 5.45. The fraction of sp³-hybridized carbons (Fsp3) is 0.800. The molecule has 3 unspecified atom stereocenters. The molecule has 2 aliphatic heterocycles. The van der Waals surface area contributed by atoms with E-state index in [1.165, 1.54) is 0 Å². The molecule has 0 bridgehead atoms. The monoisotopic (exact) mass is 365 g/mol. The third kappa shape index (κ3) is 2.53. The summed E-state index contributed by atoms with van der Waals surface area (Å²) in [6.07, 6.45) is 4.39. The number of rotatable bonds is 3. The Morgan fingerprint density at radius 2 is 2.08 bits per heavy atom. The molecule has 3 aliphatic rings. The van der Waals surface area contributed by atoms with Crippen LogP contribution in [-0.4, -0.2) is 59.0 Å². The van der Waals surface area contributed by atoms with Gasteiger partial charge in [-0.15, -0.1) is 22.0 Å². The fourth-order valence-electron chi connectivity index (χ4n) is 4.14. The van der Waals surface area contributed by atoms with E-state index in [-0.39, 0.29) is 28.0 Å². The molecule has 3 atom stereocenters. The normalized spacial score (nSPS) is 32.8. The Kier molecular flexibility index (Phi) is 3.80. The highest BCUT2D eigenvalue weighted by Gasteiger charge is 2.63. The molecule has 0 spiro atoms. The van der Waals surface area contributed by atoms with E-state index in [4.69, 9.17) is 5.73 Å². The van der Waals surface area contributed by atoms with Crippen LogP contribution in [0.25, 0.3) is 0 Å². The molecule has 0 radical (unpaired) electrons. The number of fused-ring (bicyclic) bond motifs is 1. The maximum Gasteiger partial charge on any atom is 0.249 e. The number of nitrogens with zero attached hydrogens (tertiary/aromatic N) is 4. The third-order valence-electron chi connectivity index (χ3n) is 5.53. The SMILES string of the molecule is CC1(C)SC2C(NC(=O)C3(N)CCCCC3)C(=O)N2C1c1nn[nH]n1. The van der Waals surface area contributed by atoms with Gasteiger partial charge in [-0.05, 0) is 26.7 Å². The van der Waals surface area contributed by atoms with E-state index in [2.05, 4.69) is 39.8 Å². The highest BCUT2D eigenvalue weighted by atomic mass is 32.2. The van der Waals surface area contributed by atoms with Crippen molar-refractivity contribution in [3.63, 3.8) is 0 Å². The van der Waals surface area contributed by atoms with Gasteiger partial charge >= 0.3 is 0 Å². The highest BCUT2D eigenvalue weighted by Crippen LogP contribution is 2.56. The molecule has 4 rings (SSSR count). The van der Waals surface area contributed by atoms with Gasteiger partial charge in [-0.3, -0.25) is 9.59 Å². The summed E-state index contributed by atoms with van der Waals surface area (Å²) in [4.78, 5) is 27.2. The molecule has 2 amide bonds. The number of nitrogens with one attached hydrogen (secondary N) is 2. The van der Waals surface area contributed by atoms with Gasteiger partial charge in [-0.2, -0.15) is 5.21 Å². The number of nitrogens with two attached hydrogens (primary N) is 1. The number of tetrazole rings is 1. The number of H-pyrrole nitrogens is 1. The maximum absolute atomic E-state index is 12.7. The van der Waals surface area contributed by atoms with Gasteiger partial charge in [0.1, 0.15) is 17.5 Å². The van der Waals surface area contributed by atoms with E-state index in [0.29, 0.717) is 18.7 Å². The van der Waals surface area contributed by atoms with E-state index < -0.39 is 11.6 Å². The summed E-state index contributed by atoms with van der Waals surface area (Å²) in [5.74, 6) is 0.193. The maximum atomic E-state index is 12.7. The molecule has 0 aromatic carbocycles. The summed E-state index contributed by atoms with van der Waals surface area (Å²) in [6, 6.07) is -0.792. The number of aromatic nitrogens is 4. The third-order valence-corrected chi connectivity index (χ3v) is 7.10. The smallest absolute Gasteiger partial charge is 0.249 e. The quantitative estimate of drug-likeness (QED) is 0.647. The van der Waals surface area contributed by atoms with Gasteiger partial charge < -0.3 is 16.0 Å². The molecule has 1 aromatic heterocycles. The van der Waals surface area contributed by atoms with Crippen LogP contribution in [-0.2, 0) is 9.59 Å². The van der Waals surface area contributed by atoms with Crippen LogP contribution >= 0.6 is 11.8 Å². The van der Waals surface area contributed by atoms with Gasteiger partial charge in [0.25, 0.3) is 0 Å². The molecule has 2 saturated heterocycles. The summed E-state index contributed by atoms with van der Waals surface area (Å²) >= 11 is 1.65. The number of thioether (sulfide) groups is 1. The lowest BCUT2D eigenvalue weighted by molar-refractivity contribution is -0.152. The standard InChI is InChI=1S/C15H23N7O2S/c1-14(2)9(10-18-20-21-19-10)22-11(23)8(12(22)25-14)17-13(24)15(16)6-4-3-5-7-15/h8-9,12H,3-7,16H2,1-2H3,(H,17,24)(H,18,19,20,21). The van der Waals surface area contributed by atoms with Gasteiger partial charge in [-0.25, -0.2) is 0 Å². The van der Waals surface area contributed by atoms with Gasteiger partial charge in [0.15, 0.2) is 5.82 Å². The van der Waals surface area contributed by atoms with E-state index in [1.807, 2.05) is 0 Å². The summed E-state index contributed by atoms with van der Waals surface area (Å²) in [5, 5.41) is 17.0. The van der Waals surface area contributed by atoms with E-state index >= 15 is 0 Å². The van der Waals surface area contributed by atoms with Crippen molar-refractivity contribution in [2.75, 3.05) is 0 Å². The Hall–Kier alpha value is -1.68. The van der Waals surface area contributed by atoms with Crippen molar-refractivity contribution in [2.24, 2.45) is 5.73 Å². The van der Waals surface area contributed by atoms with Crippen molar-refractivity contribution < 1.29 is 9.59 Å². The topological polar surface area (TPSA) is 130 Å². The summed E-state index contributed by atoms with van der Waals surface area (Å²) in [7, 11) is 0. The average Bonchev–Trinajstić information content (AvgIpc) is 3.17. The minimum absolute atomic E-state index is 0.106. The number of amides is 2. The molecule has 136 valence electrons. The molecule has 9 nitrogen and oxygen atoms in total. The van der Waals surface area contributed by atoms with Crippen LogP contribution in [0, 0.1) is 0 Å². The predicted octanol–water partition coefficient (Wildman–Crippen LogP) is 0.0809.